The first-order valence-corrected chi connectivity index (χ1v) is 11.2. The van der Waals surface area contributed by atoms with E-state index in [1.807, 2.05) is 25.1 Å². The Balaban J connectivity index is 1.71. The van der Waals surface area contributed by atoms with Gasteiger partial charge in [-0.2, -0.15) is 5.26 Å². The maximum Gasteiger partial charge on any atom is 0.337 e. The van der Waals surface area contributed by atoms with Crippen molar-refractivity contribution in [2.45, 2.75) is 6.92 Å². The summed E-state index contributed by atoms with van der Waals surface area (Å²) in [4.78, 5) is 36.2. The second-order valence-corrected chi connectivity index (χ2v) is 8.17. The molecule has 192 valence electrons. The van der Waals surface area contributed by atoms with Crippen molar-refractivity contribution in [3.8, 4) is 22.9 Å². The number of methoxy groups -OCH3 is 2. The minimum Gasteiger partial charge on any atom is -0.496 e. The number of carbonyl (C=O) groups excluding carboxylic acids is 2. The number of aryl methyl sites for hydroxylation is 1. The number of fused-ring (bicyclic) bond motifs is 1. The average molecular weight is 514 g/mol. The summed E-state index contributed by atoms with van der Waals surface area (Å²) in [6.07, 6.45) is 0. The molecule has 0 bridgehead atoms. The second-order valence-electron chi connectivity index (χ2n) is 8.17. The van der Waals surface area contributed by atoms with Gasteiger partial charge in [0.05, 0.1) is 42.5 Å². The van der Waals surface area contributed by atoms with Gasteiger partial charge < -0.3 is 29.7 Å². The third kappa shape index (κ3) is 5.10. The molecule has 11 nitrogen and oxygen atoms in total. The van der Waals surface area contributed by atoms with Gasteiger partial charge in [-0.15, -0.1) is 0 Å². The quantitative estimate of drug-likeness (QED) is 0.290. The van der Waals surface area contributed by atoms with Crippen molar-refractivity contribution in [1.29, 1.82) is 5.26 Å². The molecule has 3 N–H and O–H groups in total. The summed E-state index contributed by atoms with van der Waals surface area (Å²) in [6.45, 7) is 1.91. The fourth-order valence-electron chi connectivity index (χ4n) is 3.91. The predicted molar refractivity (Wildman–Crippen MR) is 137 cm³/mol. The van der Waals surface area contributed by atoms with Crippen LogP contribution in [0.4, 0.5) is 11.4 Å². The number of amides is 1. The van der Waals surface area contributed by atoms with Gasteiger partial charge in [-0.05, 0) is 54.4 Å². The molecule has 0 unspecified atom stereocenters. The van der Waals surface area contributed by atoms with Crippen LogP contribution in [0.3, 0.4) is 0 Å². The lowest BCUT2D eigenvalue weighted by Crippen LogP contribution is -2.15. The maximum atomic E-state index is 13.1. The highest BCUT2D eigenvalue weighted by atomic mass is 16.5. The Morgan fingerprint density at radius 3 is 2.53 bits per heavy atom. The van der Waals surface area contributed by atoms with Crippen LogP contribution in [-0.4, -0.2) is 48.9 Å². The predicted octanol–water partition coefficient (Wildman–Crippen LogP) is 4.22. The number of anilines is 2. The van der Waals surface area contributed by atoms with Gasteiger partial charge in [-0.25, -0.2) is 4.79 Å². The number of hydrogen-bond acceptors (Lipinski definition) is 9. The smallest absolute Gasteiger partial charge is 0.337 e. The molecule has 1 aromatic heterocycles. The molecule has 0 radical (unpaired) electrons. The molecular weight excluding hydrogens is 492 g/mol. The molecule has 11 heteroatoms. The van der Waals surface area contributed by atoms with Crippen LogP contribution < -0.4 is 15.4 Å². The number of nitrogens with zero attached hydrogens (tertiary/aromatic N) is 2. The fraction of sp³-hybridized carbons (Fsp3) is 0.148. The molecule has 4 aromatic rings. The molecule has 1 heterocycles. The van der Waals surface area contributed by atoms with E-state index in [0.29, 0.717) is 22.3 Å². The van der Waals surface area contributed by atoms with E-state index in [0.717, 1.165) is 16.8 Å². The van der Waals surface area contributed by atoms with Crippen molar-refractivity contribution >= 4 is 40.2 Å². The highest BCUT2D eigenvalue weighted by Gasteiger charge is 2.22. The summed E-state index contributed by atoms with van der Waals surface area (Å²) in [7, 11) is 2.82. The van der Waals surface area contributed by atoms with Gasteiger partial charge in [0.15, 0.2) is 11.3 Å². The van der Waals surface area contributed by atoms with Crippen LogP contribution in [0.5, 0.6) is 5.75 Å². The summed E-state index contributed by atoms with van der Waals surface area (Å²) < 4.78 is 15.6. The number of nitrogens with one attached hydrogen (secondary N) is 2. The van der Waals surface area contributed by atoms with E-state index in [4.69, 9.17) is 14.5 Å². The van der Waals surface area contributed by atoms with Crippen LogP contribution in [0, 0.1) is 18.3 Å². The molecule has 0 aliphatic heterocycles. The zero-order valence-electron chi connectivity index (χ0n) is 20.6. The summed E-state index contributed by atoms with van der Waals surface area (Å²) in [5, 5.41) is 28.4. The molecule has 0 aliphatic rings. The van der Waals surface area contributed by atoms with Gasteiger partial charge in [-0.3, -0.25) is 9.59 Å². The molecule has 0 spiro atoms. The number of hydrogen-bond donors (Lipinski definition) is 3. The van der Waals surface area contributed by atoms with E-state index < -0.39 is 17.8 Å². The number of carboxylic acids is 1. The molecule has 0 fully saturated rings. The molecule has 0 atom stereocenters. The van der Waals surface area contributed by atoms with E-state index >= 15 is 0 Å². The molecule has 0 saturated carbocycles. The molecule has 0 saturated heterocycles. The van der Waals surface area contributed by atoms with Crippen molar-refractivity contribution in [2.75, 3.05) is 31.4 Å². The van der Waals surface area contributed by atoms with Crippen LogP contribution in [0.2, 0.25) is 0 Å². The molecular formula is C27H22N4O7. The Bertz CT molecular complexity index is 1620. The summed E-state index contributed by atoms with van der Waals surface area (Å²) in [5.74, 6) is -1.89. The number of benzene rings is 3. The zero-order valence-corrected chi connectivity index (χ0v) is 20.6. The Kier molecular flexibility index (Phi) is 7.25. The van der Waals surface area contributed by atoms with Crippen LogP contribution >= 0.6 is 0 Å². The van der Waals surface area contributed by atoms with Gasteiger partial charge in [0, 0.05) is 17.3 Å². The largest absolute Gasteiger partial charge is 0.496 e. The van der Waals surface area contributed by atoms with Crippen molar-refractivity contribution in [2.24, 2.45) is 0 Å². The normalized spacial score (nSPS) is 10.5. The van der Waals surface area contributed by atoms with E-state index in [9.17, 15) is 19.5 Å². The monoisotopic (exact) mass is 514 g/mol. The highest BCUT2D eigenvalue weighted by molar-refractivity contribution is 6.13. The lowest BCUT2D eigenvalue weighted by molar-refractivity contribution is -0.138. The lowest BCUT2D eigenvalue weighted by atomic mass is 9.97. The van der Waals surface area contributed by atoms with E-state index in [1.54, 1.807) is 18.2 Å². The van der Waals surface area contributed by atoms with Crippen LogP contribution in [0.25, 0.3) is 22.1 Å². The number of carbonyl (C=O) groups is 3. The van der Waals surface area contributed by atoms with Crippen LogP contribution in [0.15, 0.2) is 53.1 Å². The number of aromatic carboxylic acids is 1. The Morgan fingerprint density at radius 1 is 1.08 bits per heavy atom. The van der Waals surface area contributed by atoms with Gasteiger partial charge in [0.1, 0.15) is 12.3 Å². The fourth-order valence-corrected chi connectivity index (χ4v) is 3.91. The van der Waals surface area contributed by atoms with Crippen LogP contribution in [0.1, 0.15) is 32.0 Å². The van der Waals surface area contributed by atoms with E-state index in [1.165, 1.54) is 32.4 Å². The van der Waals surface area contributed by atoms with Gasteiger partial charge in [0.2, 0.25) is 0 Å². The number of carboxylic acid groups (broad SMARTS) is 1. The number of esters is 1. The number of aromatic nitrogens is 1. The Hall–Kier alpha value is -5.37. The van der Waals surface area contributed by atoms with Crippen molar-refractivity contribution < 1.29 is 33.5 Å². The highest BCUT2D eigenvalue weighted by Crippen LogP contribution is 2.38. The minimum atomic E-state index is -1.30. The van der Waals surface area contributed by atoms with Crippen molar-refractivity contribution in [3.05, 3.63) is 70.9 Å². The third-order valence-corrected chi connectivity index (χ3v) is 5.82. The van der Waals surface area contributed by atoms with Gasteiger partial charge >= 0.3 is 11.9 Å². The average Bonchev–Trinajstić information content (AvgIpc) is 3.34. The standard InChI is InChI=1S/C27H22N4O7/c1-14-8-16(29-13-24(32)37-3)5-6-17(14)18-10-20-23(11-22(18)36-2)38-31-25(20)26(33)30-21-7-4-15(12-28)9-19(21)27(34)35/h4-11,29H,13H2,1-3H3,(H,30,33)(H,34,35). The van der Waals surface area contributed by atoms with Crippen molar-refractivity contribution in [1.82, 2.24) is 5.16 Å². The van der Waals surface area contributed by atoms with Gasteiger partial charge in [0.25, 0.3) is 5.91 Å². The van der Waals surface area contributed by atoms with E-state index in [2.05, 4.69) is 20.5 Å². The first kappa shape index (κ1) is 25.7. The summed E-state index contributed by atoms with van der Waals surface area (Å²) in [5.41, 5.74) is 3.22. The maximum absolute atomic E-state index is 13.1. The zero-order chi connectivity index (χ0) is 27.4. The van der Waals surface area contributed by atoms with Gasteiger partial charge in [-0.1, -0.05) is 11.2 Å². The first-order valence-electron chi connectivity index (χ1n) is 11.2. The molecule has 0 aliphatic carbocycles. The minimum absolute atomic E-state index is 0.0114. The molecule has 1 amide bonds. The topological polar surface area (TPSA) is 164 Å². The summed E-state index contributed by atoms with van der Waals surface area (Å²) in [6, 6.07) is 14.6. The Morgan fingerprint density at radius 2 is 1.87 bits per heavy atom. The number of nitriles is 1. The SMILES string of the molecule is COC(=O)CNc1ccc(-c2cc3c(C(=O)Nc4ccc(C#N)cc4C(=O)O)noc3cc2OC)c(C)c1. The lowest BCUT2D eigenvalue weighted by Gasteiger charge is -2.13. The van der Waals surface area contributed by atoms with Crippen LogP contribution in [-0.2, 0) is 9.53 Å². The summed E-state index contributed by atoms with van der Waals surface area (Å²) >= 11 is 0. The molecule has 3 aromatic carbocycles. The molecule has 4 rings (SSSR count). The molecule has 38 heavy (non-hydrogen) atoms. The first-order chi connectivity index (χ1) is 18.2. The van der Waals surface area contributed by atoms with Crippen molar-refractivity contribution in [3.63, 3.8) is 0 Å². The van der Waals surface area contributed by atoms with E-state index in [-0.39, 0.29) is 29.1 Å². The Labute approximate surface area is 216 Å². The second kappa shape index (κ2) is 10.7. The number of ether oxygens (including phenoxy) is 2. The number of rotatable bonds is 8. The third-order valence-electron chi connectivity index (χ3n) is 5.82.